The van der Waals surface area contributed by atoms with Crippen LogP contribution in [0.1, 0.15) is 54.4 Å². The van der Waals surface area contributed by atoms with Crippen molar-refractivity contribution in [3.63, 3.8) is 0 Å². The molecular formula is C33H40FN3O4S. The van der Waals surface area contributed by atoms with Crippen LogP contribution in [0.15, 0.2) is 72.8 Å². The van der Waals surface area contributed by atoms with Crippen LogP contribution in [-0.4, -0.2) is 50.0 Å². The first-order valence-electron chi connectivity index (χ1n) is 14.4. The van der Waals surface area contributed by atoms with E-state index in [0.717, 1.165) is 59.4 Å². The van der Waals surface area contributed by atoms with Crippen LogP contribution in [0.5, 0.6) is 0 Å². The molecule has 1 fully saturated rings. The lowest BCUT2D eigenvalue weighted by Crippen LogP contribution is -2.55. The average Bonchev–Trinajstić information content (AvgIpc) is 2.94. The van der Waals surface area contributed by atoms with Crippen molar-refractivity contribution in [1.82, 2.24) is 10.2 Å². The van der Waals surface area contributed by atoms with E-state index in [2.05, 4.69) is 5.32 Å². The van der Waals surface area contributed by atoms with Crippen LogP contribution in [0.3, 0.4) is 0 Å². The minimum absolute atomic E-state index is 0.00211. The number of sulfonamides is 1. The number of halogens is 1. The second kappa shape index (κ2) is 14.0. The van der Waals surface area contributed by atoms with Gasteiger partial charge in [-0.2, -0.15) is 0 Å². The fraction of sp³-hybridized carbons (Fsp3) is 0.394. The number of aryl methyl sites for hydroxylation is 2. The van der Waals surface area contributed by atoms with E-state index in [-0.39, 0.29) is 30.5 Å². The molecule has 0 aliphatic heterocycles. The molecule has 42 heavy (non-hydrogen) atoms. The number of carbonyl (C=O) groups is 2. The summed E-state index contributed by atoms with van der Waals surface area (Å²) in [5, 5.41) is 3.15. The highest BCUT2D eigenvalue weighted by Gasteiger charge is 2.34. The summed E-state index contributed by atoms with van der Waals surface area (Å²) in [5.41, 5.74) is 3.14. The molecule has 1 N–H and O–H groups in total. The first-order valence-corrected chi connectivity index (χ1v) is 16.3. The topological polar surface area (TPSA) is 86.8 Å². The monoisotopic (exact) mass is 593 g/mol. The number of benzene rings is 3. The van der Waals surface area contributed by atoms with E-state index in [1.165, 1.54) is 11.0 Å². The van der Waals surface area contributed by atoms with E-state index < -0.39 is 34.3 Å². The van der Waals surface area contributed by atoms with Crippen molar-refractivity contribution < 1.29 is 22.4 Å². The average molecular weight is 594 g/mol. The number of nitrogens with zero attached hydrogens (tertiary/aromatic N) is 2. The molecule has 1 atom stereocenters. The van der Waals surface area contributed by atoms with Crippen molar-refractivity contribution in [2.75, 3.05) is 17.1 Å². The maximum Gasteiger partial charge on any atom is 0.244 e. The van der Waals surface area contributed by atoms with Crippen molar-refractivity contribution in [3.05, 3.63) is 101 Å². The van der Waals surface area contributed by atoms with Gasteiger partial charge in [0.25, 0.3) is 0 Å². The third kappa shape index (κ3) is 8.41. The highest BCUT2D eigenvalue weighted by atomic mass is 32.2. The van der Waals surface area contributed by atoms with Crippen molar-refractivity contribution in [2.45, 2.75) is 71.0 Å². The van der Waals surface area contributed by atoms with Crippen molar-refractivity contribution in [1.29, 1.82) is 0 Å². The molecule has 3 aromatic carbocycles. The third-order valence-electron chi connectivity index (χ3n) is 7.69. The highest BCUT2D eigenvalue weighted by Crippen LogP contribution is 2.24. The van der Waals surface area contributed by atoms with E-state index >= 15 is 0 Å². The molecule has 224 valence electrons. The maximum atomic E-state index is 14.9. The Morgan fingerprint density at radius 3 is 2.17 bits per heavy atom. The van der Waals surface area contributed by atoms with E-state index in [1.54, 1.807) is 30.3 Å². The van der Waals surface area contributed by atoms with Crippen LogP contribution in [-0.2, 0) is 32.6 Å². The molecule has 1 saturated carbocycles. The van der Waals surface area contributed by atoms with Gasteiger partial charge in [-0.3, -0.25) is 13.9 Å². The number of rotatable bonds is 11. The van der Waals surface area contributed by atoms with E-state index in [1.807, 2.05) is 50.2 Å². The van der Waals surface area contributed by atoms with Crippen LogP contribution in [0, 0.1) is 19.7 Å². The molecule has 0 saturated heterocycles. The number of hydrogen-bond donors (Lipinski definition) is 1. The van der Waals surface area contributed by atoms with E-state index in [9.17, 15) is 22.4 Å². The molecule has 0 spiro atoms. The van der Waals surface area contributed by atoms with Crippen LogP contribution in [0.2, 0.25) is 0 Å². The Morgan fingerprint density at radius 1 is 0.929 bits per heavy atom. The summed E-state index contributed by atoms with van der Waals surface area (Å²) in [4.78, 5) is 29.5. The lowest BCUT2D eigenvalue weighted by molar-refractivity contribution is -0.140. The summed E-state index contributed by atoms with van der Waals surface area (Å²) < 4.78 is 42.0. The Balaban J connectivity index is 1.74. The second-order valence-corrected chi connectivity index (χ2v) is 13.2. The summed E-state index contributed by atoms with van der Waals surface area (Å²) in [7, 11) is -3.88. The zero-order chi connectivity index (χ0) is 30.3. The van der Waals surface area contributed by atoms with Gasteiger partial charge in [0.15, 0.2) is 0 Å². The Bertz CT molecular complexity index is 1470. The molecule has 9 heteroatoms. The molecule has 0 radical (unpaired) electrons. The predicted octanol–water partition coefficient (Wildman–Crippen LogP) is 5.30. The second-order valence-electron chi connectivity index (χ2n) is 11.3. The van der Waals surface area contributed by atoms with Crippen LogP contribution in [0.4, 0.5) is 10.1 Å². The minimum Gasteiger partial charge on any atom is -0.352 e. The number of nitrogens with one attached hydrogen (secondary N) is 1. The maximum absolute atomic E-state index is 14.9. The molecule has 4 rings (SSSR count). The smallest absolute Gasteiger partial charge is 0.244 e. The fourth-order valence-corrected chi connectivity index (χ4v) is 6.45. The molecule has 0 unspecified atom stereocenters. The number of hydrogen-bond acceptors (Lipinski definition) is 4. The quantitative estimate of drug-likeness (QED) is 0.327. The van der Waals surface area contributed by atoms with Gasteiger partial charge in [-0.1, -0.05) is 73.9 Å². The van der Waals surface area contributed by atoms with E-state index in [4.69, 9.17) is 0 Å². The Morgan fingerprint density at radius 2 is 1.55 bits per heavy atom. The van der Waals surface area contributed by atoms with Crippen molar-refractivity contribution in [2.24, 2.45) is 0 Å². The van der Waals surface area contributed by atoms with Gasteiger partial charge in [0.1, 0.15) is 18.4 Å². The van der Waals surface area contributed by atoms with Crippen molar-refractivity contribution >= 4 is 27.5 Å². The van der Waals surface area contributed by atoms with Gasteiger partial charge < -0.3 is 10.2 Å². The van der Waals surface area contributed by atoms with Gasteiger partial charge in [-0.15, -0.1) is 0 Å². The Hall–Kier alpha value is -3.72. The molecule has 0 bridgehead atoms. The van der Waals surface area contributed by atoms with Crippen LogP contribution in [0.25, 0.3) is 0 Å². The SMILES string of the molecule is Cc1cc(C)cc(N(CC(=O)N(Cc2ccccc2F)[C@H](Cc2ccccc2)C(=O)NC2CCCCC2)S(C)(=O)=O)c1. The summed E-state index contributed by atoms with van der Waals surface area (Å²) in [6.45, 7) is 2.99. The normalized spacial score (nSPS) is 14.7. The molecule has 2 amide bonds. The lowest BCUT2D eigenvalue weighted by Gasteiger charge is -2.35. The Kier molecular flexibility index (Phi) is 10.4. The highest BCUT2D eigenvalue weighted by molar-refractivity contribution is 7.92. The zero-order valence-corrected chi connectivity index (χ0v) is 25.4. The van der Waals surface area contributed by atoms with Gasteiger partial charge in [-0.25, -0.2) is 12.8 Å². The molecule has 0 aromatic heterocycles. The van der Waals surface area contributed by atoms with Gasteiger partial charge in [0, 0.05) is 24.6 Å². The molecular weight excluding hydrogens is 553 g/mol. The molecule has 0 heterocycles. The first kappa shape index (κ1) is 31.2. The minimum atomic E-state index is -3.88. The third-order valence-corrected chi connectivity index (χ3v) is 8.84. The van der Waals surface area contributed by atoms with Gasteiger partial charge in [-0.05, 0) is 61.6 Å². The van der Waals surface area contributed by atoms with Gasteiger partial charge >= 0.3 is 0 Å². The number of anilines is 1. The Labute approximate surface area is 248 Å². The van der Waals surface area contributed by atoms with Gasteiger partial charge in [0.2, 0.25) is 21.8 Å². The van der Waals surface area contributed by atoms with Gasteiger partial charge in [0.05, 0.1) is 11.9 Å². The van der Waals surface area contributed by atoms with Crippen molar-refractivity contribution in [3.8, 4) is 0 Å². The summed E-state index contributed by atoms with van der Waals surface area (Å²) in [5.74, 6) is -1.42. The summed E-state index contributed by atoms with van der Waals surface area (Å²) >= 11 is 0. The molecule has 7 nitrogen and oxygen atoms in total. The largest absolute Gasteiger partial charge is 0.352 e. The predicted molar refractivity (Wildman–Crippen MR) is 164 cm³/mol. The fourth-order valence-electron chi connectivity index (χ4n) is 5.62. The molecule has 3 aromatic rings. The summed E-state index contributed by atoms with van der Waals surface area (Å²) in [6.07, 6.45) is 6.13. The number of carbonyl (C=O) groups excluding carboxylic acids is 2. The van der Waals surface area contributed by atoms with Crippen LogP contribution >= 0.6 is 0 Å². The number of amides is 2. The van der Waals surface area contributed by atoms with Crippen LogP contribution < -0.4 is 9.62 Å². The molecule has 1 aliphatic rings. The van der Waals surface area contributed by atoms with E-state index in [0.29, 0.717) is 5.69 Å². The first-order chi connectivity index (χ1) is 20.0. The molecule has 1 aliphatic carbocycles. The lowest BCUT2D eigenvalue weighted by atomic mass is 9.94. The zero-order valence-electron chi connectivity index (χ0n) is 24.6. The standard InChI is InChI=1S/C33H40FN3O4S/c1-24-18-25(2)20-29(19-24)37(42(3,40)41)23-32(38)36(22-27-14-10-11-17-30(27)34)31(21-26-12-6-4-7-13-26)33(39)35-28-15-8-5-9-16-28/h4,6-7,10-14,17-20,28,31H,5,8-9,15-16,21-23H2,1-3H3,(H,35,39)/t31-/m1/s1. The summed E-state index contributed by atoms with van der Waals surface area (Å²) in [6, 6.07) is 19.8.